The molecule has 0 aliphatic rings. The van der Waals surface area contributed by atoms with Crippen LogP contribution in [-0.2, 0) is 22.6 Å². The Labute approximate surface area is 108 Å². The molecular weight excluding hydrogens is 234 g/mol. The number of ether oxygens (including phenoxy) is 2. The first-order valence-electron chi connectivity index (χ1n) is 6.10. The molecule has 98 valence electrons. The molecule has 0 amide bonds. The van der Waals surface area contributed by atoms with Gasteiger partial charge in [0.2, 0.25) is 0 Å². The van der Waals surface area contributed by atoms with Crippen molar-refractivity contribution in [2.24, 2.45) is 5.92 Å². The molecule has 0 aliphatic carbocycles. The highest BCUT2D eigenvalue weighted by molar-refractivity contribution is 7.11. The van der Waals surface area contributed by atoms with Crippen LogP contribution < -0.4 is 5.32 Å². The van der Waals surface area contributed by atoms with Crippen LogP contribution in [-0.4, -0.2) is 26.9 Å². The van der Waals surface area contributed by atoms with Crippen LogP contribution >= 0.6 is 11.3 Å². The summed E-state index contributed by atoms with van der Waals surface area (Å²) in [4.78, 5) is 2.63. The highest BCUT2D eigenvalue weighted by Crippen LogP contribution is 2.16. The Morgan fingerprint density at radius 2 is 1.88 bits per heavy atom. The van der Waals surface area contributed by atoms with E-state index in [-0.39, 0.29) is 0 Å². The van der Waals surface area contributed by atoms with Crippen molar-refractivity contribution in [3.63, 3.8) is 0 Å². The van der Waals surface area contributed by atoms with Crippen LogP contribution in [0.2, 0.25) is 0 Å². The van der Waals surface area contributed by atoms with Crippen LogP contribution in [0, 0.1) is 5.92 Å². The first-order valence-corrected chi connectivity index (χ1v) is 6.91. The Balaban J connectivity index is 2.05. The number of nitrogens with one attached hydrogen (secondary N) is 1. The van der Waals surface area contributed by atoms with Crippen LogP contribution in [0.3, 0.4) is 0 Å². The molecule has 1 aromatic rings. The largest absolute Gasteiger partial charge is 0.379 e. The van der Waals surface area contributed by atoms with E-state index in [1.807, 2.05) is 7.05 Å². The Morgan fingerprint density at radius 1 is 1.18 bits per heavy atom. The molecule has 0 saturated carbocycles. The lowest BCUT2D eigenvalue weighted by molar-refractivity contribution is 0.0322. The van der Waals surface area contributed by atoms with E-state index in [4.69, 9.17) is 9.47 Å². The van der Waals surface area contributed by atoms with Crippen molar-refractivity contribution in [3.8, 4) is 0 Å². The third-order valence-electron chi connectivity index (χ3n) is 2.14. The molecule has 4 heteroatoms. The van der Waals surface area contributed by atoms with Crippen LogP contribution in [0.5, 0.6) is 0 Å². The van der Waals surface area contributed by atoms with Gasteiger partial charge in [-0.15, -0.1) is 11.3 Å². The maximum absolute atomic E-state index is 5.56. The summed E-state index contributed by atoms with van der Waals surface area (Å²) < 4.78 is 11.0. The van der Waals surface area contributed by atoms with Gasteiger partial charge in [0.15, 0.2) is 0 Å². The lowest BCUT2D eigenvalue weighted by Gasteiger charge is -2.06. The lowest BCUT2D eigenvalue weighted by Crippen LogP contribution is -2.08. The Morgan fingerprint density at radius 3 is 2.59 bits per heavy atom. The zero-order valence-electron chi connectivity index (χ0n) is 11.0. The van der Waals surface area contributed by atoms with E-state index in [9.17, 15) is 0 Å². The maximum atomic E-state index is 5.56. The molecule has 0 aliphatic heterocycles. The minimum absolute atomic E-state index is 0.594. The molecule has 0 unspecified atom stereocenters. The first kappa shape index (κ1) is 14.6. The molecule has 0 spiro atoms. The minimum Gasteiger partial charge on any atom is -0.379 e. The van der Waals surface area contributed by atoms with E-state index >= 15 is 0 Å². The molecule has 1 aromatic heterocycles. The topological polar surface area (TPSA) is 30.5 Å². The summed E-state index contributed by atoms with van der Waals surface area (Å²) in [6.07, 6.45) is 0. The summed E-state index contributed by atoms with van der Waals surface area (Å²) in [5.41, 5.74) is 0. The second-order valence-electron chi connectivity index (χ2n) is 4.42. The van der Waals surface area contributed by atoms with Crippen molar-refractivity contribution in [1.82, 2.24) is 5.32 Å². The van der Waals surface area contributed by atoms with Crippen molar-refractivity contribution in [3.05, 3.63) is 21.9 Å². The zero-order valence-corrected chi connectivity index (χ0v) is 11.8. The highest BCUT2D eigenvalue weighted by atomic mass is 32.1. The van der Waals surface area contributed by atoms with Gasteiger partial charge in [-0.3, -0.25) is 0 Å². The fraction of sp³-hybridized carbons (Fsp3) is 0.692. The number of hydrogen-bond donors (Lipinski definition) is 1. The van der Waals surface area contributed by atoms with Crippen LogP contribution in [0.25, 0.3) is 0 Å². The summed E-state index contributed by atoms with van der Waals surface area (Å²) in [6, 6.07) is 4.28. The van der Waals surface area contributed by atoms with Crippen LogP contribution in [0.15, 0.2) is 12.1 Å². The first-order chi connectivity index (χ1) is 8.22. The molecule has 0 atom stereocenters. The van der Waals surface area contributed by atoms with Gasteiger partial charge in [-0.05, 0) is 25.1 Å². The van der Waals surface area contributed by atoms with Gasteiger partial charge in [0.1, 0.15) is 0 Å². The van der Waals surface area contributed by atoms with Gasteiger partial charge < -0.3 is 14.8 Å². The van der Waals surface area contributed by atoms with Gasteiger partial charge in [-0.1, -0.05) is 13.8 Å². The molecule has 3 nitrogen and oxygen atoms in total. The van der Waals surface area contributed by atoms with Gasteiger partial charge >= 0.3 is 0 Å². The van der Waals surface area contributed by atoms with Gasteiger partial charge in [0.25, 0.3) is 0 Å². The molecule has 0 radical (unpaired) electrons. The molecule has 1 rings (SSSR count). The smallest absolute Gasteiger partial charge is 0.0810 e. The van der Waals surface area contributed by atoms with Crippen molar-refractivity contribution in [1.29, 1.82) is 0 Å². The Hall–Kier alpha value is -0.420. The maximum Gasteiger partial charge on any atom is 0.0810 e. The highest BCUT2D eigenvalue weighted by Gasteiger charge is 1.99. The summed E-state index contributed by atoms with van der Waals surface area (Å²) in [7, 11) is 1.96. The average molecular weight is 257 g/mol. The molecular formula is C13H23NO2S. The lowest BCUT2D eigenvalue weighted by atomic mass is 10.2. The second-order valence-corrected chi connectivity index (χ2v) is 5.67. The minimum atomic E-state index is 0.594. The third-order valence-corrected chi connectivity index (χ3v) is 3.19. The van der Waals surface area contributed by atoms with Crippen LogP contribution in [0.1, 0.15) is 23.6 Å². The van der Waals surface area contributed by atoms with Crippen molar-refractivity contribution >= 4 is 11.3 Å². The van der Waals surface area contributed by atoms with Crippen molar-refractivity contribution in [2.45, 2.75) is 27.0 Å². The molecule has 1 heterocycles. The van der Waals surface area contributed by atoms with Crippen molar-refractivity contribution in [2.75, 3.05) is 26.9 Å². The van der Waals surface area contributed by atoms with Gasteiger partial charge in [0.05, 0.1) is 19.8 Å². The fourth-order valence-electron chi connectivity index (χ4n) is 1.38. The van der Waals surface area contributed by atoms with E-state index < -0.39 is 0 Å². The predicted molar refractivity (Wildman–Crippen MR) is 72.4 cm³/mol. The second kappa shape index (κ2) is 8.64. The summed E-state index contributed by atoms with van der Waals surface area (Å²) in [6.45, 7) is 8.10. The molecule has 0 aromatic carbocycles. The van der Waals surface area contributed by atoms with E-state index in [0.29, 0.717) is 25.7 Å². The fourth-order valence-corrected chi connectivity index (χ4v) is 2.35. The predicted octanol–water partition coefficient (Wildman–Crippen LogP) is 2.66. The molecule has 0 fully saturated rings. The van der Waals surface area contributed by atoms with E-state index in [0.717, 1.165) is 13.2 Å². The zero-order chi connectivity index (χ0) is 12.5. The molecule has 0 bridgehead atoms. The van der Waals surface area contributed by atoms with Gasteiger partial charge in [0, 0.05) is 22.9 Å². The Kier molecular flexibility index (Phi) is 7.44. The normalized spacial score (nSPS) is 11.3. The molecule has 1 N–H and O–H groups in total. The monoisotopic (exact) mass is 257 g/mol. The number of thiophene rings is 1. The SMILES string of the molecule is CNCc1ccc(COCCOCC(C)C)s1. The molecule has 17 heavy (non-hydrogen) atoms. The molecule has 0 saturated heterocycles. The van der Waals surface area contributed by atoms with E-state index in [1.54, 1.807) is 11.3 Å². The average Bonchev–Trinajstić information content (AvgIpc) is 2.71. The van der Waals surface area contributed by atoms with E-state index in [2.05, 4.69) is 31.3 Å². The van der Waals surface area contributed by atoms with Gasteiger partial charge in [-0.25, -0.2) is 0 Å². The summed E-state index contributed by atoms with van der Waals surface area (Å²) in [5.74, 6) is 0.594. The Bertz CT molecular complexity index is 299. The number of hydrogen-bond acceptors (Lipinski definition) is 4. The van der Waals surface area contributed by atoms with Crippen molar-refractivity contribution < 1.29 is 9.47 Å². The summed E-state index contributed by atoms with van der Waals surface area (Å²) >= 11 is 1.80. The third kappa shape index (κ3) is 6.78. The quantitative estimate of drug-likeness (QED) is 0.690. The van der Waals surface area contributed by atoms with E-state index in [1.165, 1.54) is 9.75 Å². The number of rotatable bonds is 9. The van der Waals surface area contributed by atoms with Crippen LogP contribution in [0.4, 0.5) is 0 Å². The van der Waals surface area contributed by atoms with Gasteiger partial charge in [-0.2, -0.15) is 0 Å². The summed E-state index contributed by atoms with van der Waals surface area (Å²) in [5, 5.41) is 3.14. The standard InChI is InChI=1S/C13H23NO2S/c1-11(2)9-15-6-7-16-10-13-5-4-12(17-13)8-14-3/h4-5,11,14H,6-10H2,1-3H3.